The Bertz CT molecular complexity index is 450. The molecule has 0 fully saturated rings. The molecule has 0 heterocycles. The molecule has 110 valence electrons. The number of alkyl halides is 3. The van der Waals surface area contributed by atoms with Crippen molar-refractivity contribution in [2.45, 2.75) is 13.3 Å². The summed E-state index contributed by atoms with van der Waals surface area (Å²) in [5, 5.41) is 0. The number of terminal acetylenes is 1. The van der Waals surface area contributed by atoms with Gasteiger partial charge in [-0.1, -0.05) is 6.08 Å². The molecule has 0 aromatic heterocycles. The fourth-order valence-corrected chi connectivity index (χ4v) is 1.38. The molecule has 1 aromatic carbocycles. The number of benzene rings is 1. The highest BCUT2D eigenvalue weighted by atomic mass is 19.4. The quantitative estimate of drug-likeness (QED) is 0.864. The van der Waals surface area contributed by atoms with Crippen molar-refractivity contribution in [1.29, 1.82) is 0 Å². The third-order valence-corrected chi connectivity index (χ3v) is 2.40. The van der Waals surface area contributed by atoms with Crippen LogP contribution in [0.25, 0.3) is 0 Å². The Labute approximate surface area is 116 Å². The first-order chi connectivity index (χ1) is 9.33. The highest BCUT2D eigenvalue weighted by molar-refractivity contribution is 5.52. The fraction of sp³-hybridized carbons (Fsp3) is 0.286. The van der Waals surface area contributed by atoms with Crippen molar-refractivity contribution >= 4 is 5.69 Å². The van der Waals surface area contributed by atoms with Crippen molar-refractivity contribution in [2.24, 2.45) is 5.73 Å². The predicted octanol–water partition coefficient (Wildman–Crippen LogP) is 3.13. The average molecular weight is 286 g/mol. The average Bonchev–Trinajstić information content (AvgIpc) is 2.39. The summed E-state index contributed by atoms with van der Waals surface area (Å²) in [5.41, 5.74) is 7.07. The Kier molecular flexibility index (Phi) is 7.26. The Morgan fingerprint density at radius 3 is 2.20 bits per heavy atom. The molecule has 1 aromatic rings. The number of rotatable bonds is 4. The Hall–Kier alpha value is -2.13. The number of hydrogen-bond donors (Lipinski definition) is 1. The van der Waals surface area contributed by atoms with Crippen molar-refractivity contribution in [3.05, 3.63) is 36.0 Å². The van der Waals surface area contributed by atoms with Crippen LogP contribution in [0.2, 0.25) is 0 Å². The highest BCUT2D eigenvalue weighted by Gasteiger charge is 2.30. The smallest absolute Gasteiger partial charge is 0.406 e. The van der Waals surface area contributed by atoms with Crippen LogP contribution in [0.1, 0.15) is 6.92 Å². The standard InChI is InChI=1S/C12H15F3N2O.C2H2/c1-9(7-8-16)17(2)10-3-5-11(6-4-10)18-12(13,14)15;1-2/h3-7H,8,16H2,1-2H3;1-2H/b9-7-;. The van der Waals surface area contributed by atoms with E-state index in [9.17, 15) is 13.2 Å². The lowest BCUT2D eigenvalue weighted by atomic mass is 10.2. The van der Waals surface area contributed by atoms with Gasteiger partial charge in [0.15, 0.2) is 0 Å². The van der Waals surface area contributed by atoms with Gasteiger partial charge in [-0.25, -0.2) is 0 Å². The minimum absolute atomic E-state index is 0.236. The Balaban J connectivity index is 0.00000172. The molecule has 6 heteroatoms. The maximum Gasteiger partial charge on any atom is 0.573 e. The van der Waals surface area contributed by atoms with E-state index in [0.29, 0.717) is 6.54 Å². The minimum atomic E-state index is -4.66. The summed E-state index contributed by atoms with van der Waals surface area (Å²) in [5.74, 6) is -0.236. The number of nitrogens with zero attached hydrogens (tertiary/aromatic N) is 1. The van der Waals surface area contributed by atoms with E-state index in [4.69, 9.17) is 5.73 Å². The molecular formula is C14H17F3N2O. The summed E-state index contributed by atoms with van der Waals surface area (Å²) >= 11 is 0. The molecule has 0 saturated carbocycles. The topological polar surface area (TPSA) is 38.5 Å². The number of allylic oxidation sites excluding steroid dienone is 1. The lowest BCUT2D eigenvalue weighted by molar-refractivity contribution is -0.274. The van der Waals surface area contributed by atoms with Crippen LogP contribution in [0.4, 0.5) is 18.9 Å². The van der Waals surface area contributed by atoms with Crippen LogP contribution in [-0.4, -0.2) is 20.0 Å². The summed E-state index contributed by atoms with van der Waals surface area (Å²) < 4.78 is 39.7. The van der Waals surface area contributed by atoms with Crippen molar-refractivity contribution < 1.29 is 17.9 Å². The van der Waals surface area contributed by atoms with Crippen LogP contribution in [-0.2, 0) is 0 Å². The fourth-order valence-electron chi connectivity index (χ4n) is 1.38. The molecule has 0 unspecified atom stereocenters. The van der Waals surface area contributed by atoms with E-state index in [1.807, 2.05) is 17.9 Å². The Morgan fingerprint density at radius 2 is 1.80 bits per heavy atom. The molecule has 0 aliphatic rings. The second-order valence-corrected chi connectivity index (χ2v) is 3.68. The second kappa shape index (κ2) is 8.12. The third-order valence-electron chi connectivity index (χ3n) is 2.40. The van der Waals surface area contributed by atoms with E-state index < -0.39 is 6.36 Å². The molecular weight excluding hydrogens is 269 g/mol. The van der Waals surface area contributed by atoms with E-state index in [1.165, 1.54) is 12.1 Å². The monoisotopic (exact) mass is 286 g/mol. The first-order valence-corrected chi connectivity index (χ1v) is 5.63. The summed E-state index contributed by atoms with van der Waals surface area (Å²) in [6, 6.07) is 5.65. The zero-order valence-corrected chi connectivity index (χ0v) is 11.3. The highest BCUT2D eigenvalue weighted by Crippen LogP contribution is 2.25. The van der Waals surface area contributed by atoms with Gasteiger partial charge in [0.2, 0.25) is 0 Å². The van der Waals surface area contributed by atoms with Crippen LogP contribution in [0.5, 0.6) is 5.75 Å². The van der Waals surface area contributed by atoms with Gasteiger partial charge in [-0.2, -0.15) is 0 Å². The van der Waals surface area contributed by atoms with Crippen molar-refractivity contribution in [3.63, 3.8) is 0 Å². The van der Waals surface area contributed by atoms with Gasteiger partial charge in [0.25, 0.3) is 0 Å². The van der Waals surface area contributed by atoms with Gasteiger partial charge in [-0.05, 0) is 31.2 Å². The molecule has 0 bridgehead atoms. The summed E-state index contributed by atoms with van der Waals surface area (Å²) in [6.45, 7) is 2.28. The molecule has 0 saturated heterocycles. The maximum atomic E-state index is 12.0. The number of hydrogen-bond acceptors (Lipinski definition) is 3. The zero-order chi connectivity index (χ0) is 15.8. The van der Waals surface area contributed by atoms with Crippen LogP contribution in [0.15, 0.2) is 36.0 Å². The lowest BCUT2D eigenvalue weighted by Crippen LogP contribution is -2.18. The molecule has 20 heavy (non-hydrogen) atoms. The van der Waals surface area contributed by atoms with Crippen LogP contribution in [0.3, 0.4) is 0 Å². The molecule has 0 amide bonds. The van der Waals surface area contributed by atoms with Crippen LogP contribution >= 0.6 is 0 Å². The second-order valence-electron chi connectivity index (χ2n) is 3.68. The molecule has 1 rings (SSSR count). The van der Waals surface area contributed by atoms with Crippen LogP contribution in [0, 0.1) is 12.8 Å². The first-order valence-electron chi connectivity index (χ1n) is 5.63. The van der Waals surface area contributed by atoms with Crippen molar-refractivity contribution in [1.82, 2.24) is 0 Å². The van der Waals surface area contributed by atoms with Gasteiger partial charge >= 0.3 is 6.36 Å². The molecule has 0 aliphatic heterocycles. The summed E-state index contributed by atoms with van der Waals surface area (Å²) in [4.78, 5) is 1.82. The van der Waals surface area contributed by atoms with Gasteiger partial charge in [-0.3, -0.25) is 0 Å². The SMILES string of the molecule is C#C.C/C(=C/CN)N(C)c1ccc(OC(F)(F)F)cc1. The molecule has 2 N–H and O–H groups in total. The lowest BCUT2D eigenvalue weighted by Gasteiger charge is -2.20. The number of nitrogens with two attached hydrogens (primary N) is 1. The first kappa shape index (κ1) is 17.9. The predicted molar refractivity (Wildman–Crippen MR) is 74.2 cm³/mol. The van der Waals surface area contributed by atoms with E-state index in [-0.39, 0.29) is 5.75 Å². The van der Waals surface area contributed by atoms with Gasteiger partial charge in [0, 0.05) is 25.0 Å². The van der Waals surface area contributed by atoms with Gasteiger partial charge < -0.3 is 15.4 Å². The molecule has 0 aliphatic carbocycles. The van der Waals surface area contributed by atoms with Crippen molar-refractivity contribution in [2.75, 3.05) is 18.5 Å². The third kappa shape index (κ3) is 6.16. The zero-order valence-electron chi connectivity index (χ0n) is 11.3. The van der Waals surface area contributed by atoms with E-state index in [1.54, 1.807) is 19.2 Å². The van der Waals surface area contributed by atoms with E-state index in [0.717, 1.165) is 11.4 Å². The molecule has 0 atom stereocenters. The van der Waals surface area contributed by atoms with Gasteiger partial charge in [0.1, 0.15) is 5.75 Å². The number of halogens is 3. The van der Waals surface area contributed by atoms with E-state index in [2.05, 4.69) is 17.6 Å². The van der Waals surface area contributed by atoms with Gasteiger partial charge in [0.05, 0.1) is 0 Å². The van der Waals surface area contributed by atoms with Gasteiger partial charge in [-0.15, -0.1) is 26.0 Å². The number of ether oxygens (including phenoxy) is 1. The van der Waals surface area contributed by atoms with Crippen molar-refractivity contribution in [3.8, 4) is 18.6 Å². The normalized spacial score (nSPS) is 11.3. The Morgan fingerprint density at radius 1 is 1.30 bits per heavy atom. The maximum absolute atomic E-state index is 12.0. The minimum Gasteiger partial charge on any atom is -0.406 e. The van der Waals surface area contributed by atoms with Crippen LogP contribution < -0.4 is 15.4 Å². The number of anilines is 1. The molecule has 0 radical (unpaired) electrons. The molecule has 0 spiro atoms. The summed E-state index contributed by atoms with van der Waals surface area (Å²) in [7, 11) is 1.81. The van der Waals surface area contributed by atoms with E-state index >= 15 is 0 Å². The molecule has 3 nitrogen and oxygen atoms in total. The summed E-state index contributed by atoms with van der Waals surface area (Å²) in [6.07, 6.45) is 5.16. The largest absolute Gasteiger partial charge is 0.573 e.